The first-order valence-electron chi connectivity index (χ1n) is 4.73. The third-order valence-electron chi connectivity index (χ3n) is 2.11. The van der Waals surface area contributed by atoms with E-state index in [-0.39, 0.29) is 11.3 Å². The molecule has 4 N–H and O–H groups in total. The van der Waals surface area contributed by atoms with Crippen molar-refractivity contribution in [3.05, 3.63) is 23.8 Å². The second-order valence-corrected chi connectivity index (χ2v) is 3.53. The molecule has 0 saturated heterocycles. The first-order valence-corrected chi connectivity index (χ1v) is 4.73. The van der Waals surface area contributed by atoms with Crippen LogP contribution in [-0.4, -0.2) is 22.7 Å². The Hall–Kier alpha value is -1.47. The van der Waals surface area contributed by atoms with Crippen molar-refractivity contribution >= 4 is 0 Å². The number of benzene rings is 1. The molecule has 0 fully saturated rings. The zero-order chi connectivity index (χ0) is 13.2. The monoisotopic (exact) mass is 251 g/mol. The molecular weight excluding hydrogens is 239 g/mol. The lowest BCUT2D eigenvalue weighted by Crippen LogP contribution is -2.23. The molecule has 17 heavy (non-hydrogen) atoms. The molecule has 0 aliphatic heterocycles. The predicted octanol–water partition coefficient (Wildman–Crippen LogP) is 1.67. The lowest BCUT2D eigenvalue weighted by molar-refractivity contribution is -0.274. The number of aliphatic hydroxyl groups excluding tert-OH is 1. The Kier molecular flexibility index (Phi) is 3.84. The van der Waals surface area contributed by atoms with Crippen LogP contribution in [0, 0.1) is 0 Å². The Morgan fingerprint density at radius 3 is 2.41 bits per heavy atom. The third-order valence-corrected chi connectivity index (χ3v) is 2.11. The fourth-order valence-electron chi connectivity index (χ4n) is 1.26. The quantitative estimate of drug-likeness (QED) is 0.763. The van der Waals surface area contributed by atoms with Crippen LogP contribution >= 0.6 is 0 Å². The van der Waals surface area contributed by atoms with Crippen LogP contribution < -0.4 is 10.5 Å². The van der Waals surface area contributed by atoms with E-state index in [0.717, 1.165) is 18.2 Å². The van der Waals surface area contributed by atoms with Crippen LogP contribution in [0.1, 0.15) is 18.5 Å². The summed E-state index contributed by atoms with van der Waals surface area (Å²) in [5.41, 5.74) is 5.51. The van der Waals surface area contributed by atoms with Crippen LogP contribution in [0.2, 0.25) is 0 Å². The van der Waals surface area contributed by atoms with E-state index in [0.29, 0.717) is 0 Å². The minimum absolute atomic E-state index is 0.0123. The molecule has 0 heterocycles. The van der Waals surface area contributed by atoms with Crippen molar-refractivity contribution in [3.8, 4) is 11.5 Å². The SMILES string of the molecule is C[C@H](O)[C@H](N)c1cc(OC(F)(F)F)ccc1O. The van der Waals surface area contributed by atoms with Gasteiger partial charge in [0, 0.05) is 5.56 Å². The second kappa shape index (κ2) is 4.80. The summed E-state index contributed by atoms with van der Waals surface area (Å²) in [4.78, 5) is 0. The van der Waals surface area contributed by atoms with Gasteiger partial charge in [0.05, 0.1) is 12.1 Å². The summed E-state index contributed by atoms with van der Waals surface area (Å²) in [7, 11) is 0. The lowest BCUT2D eigenvalue weighted by Gasteiger charge is -2.18. The highest BCUT2D eigenvalue weighted by molar-refractivity contribution is 5.41. The van der Waals surface area contributed by atoms with Crippen LogP contribution in [0.15, 0.2) is 18.2 Å². The molecule has 4 nitrogen and oxygen atoms in total. The molecule has 1 rings (SSSR count). The van der Waals surface area contributed by atoms with Crippen molar-refractivity contribution < 1.29 is 28.1 Å². The highest BCUT2D eigenvalue weighted by Crippen LogP contribution is 2.31. The smallest absolute Gasteiger partial charge is 0.508 e. The van der Waals surface area contributed by atoms with Gasteiger partial charge in [-0.25, -0.2) is 0 Å². The molecular formula is C10H12F3NO3. The van der Waals surface area contributed by atoms with Crippen LogP contribution in [0.25, 0.3) is 0 Å². The van der Waals surface area contributed by atoms with E-state index in [4.69, 9.17) is 5.73 Å². The predicted molar refractivity (Wildman–Crippen MR) is 53.4 cm³/mol. The number of rotatable bonds is 3. The molecule has 1 aromatic carbocycles. The van der Waals surface area contributed by atoms with Crippen LogP contribution in [0.4, 0.5) is 13.2 Å². The third kappa shape index (κ3) is 3.79. The number of hydrogen-bond donors (Lipinski definition) is 3. The van der Waals surface area contributed by atoms with Crippen molar-refractivity contribution in [2.24, 2.45) is 5.73 Å². The van der Waals surface area contributed by atoms with Crippen molar-refractivity contribution in [1.29, 1.82) is 0 Å². The van der Waals surface area contributed by atoms with Crippen LogP contribution in [-0.2, 0) is 0 Å². The van der Waals surface area contributed by atoms with Gasteiger partial charge < -0.3 is 20.7 Å². The average Bonchev–Trinajstić information content (AvgIpc) is 2.17. The number of phenolic OH excluding ortho intramolecular Hbond substituents is 1. The van der Waals surface area contributed by atoms with Gasteiger partial charge in [-0.15, -0.1) is 13.2 Å². The maximum absolute atomic E-state index is 12.0. The summed E-state index contributed by atoms with van der Waals surface area (Å²) in [5.74, 6) is -0.797. The number of phenols is 1. The van der Waals surface area contributed by atoms with E-state index in [1.807, 2.05) is 0 Å². The minimum Gasteiger partial charge on any atom is -0.508 e. The summed E-state index contributed by atoms with van der Waals surface area (Å²) in [5, 5.41) is 18.6. The number of ether oxygens (including phenoxy) is 1. The van der Waals surface area contributed by atoms with Crippen molar-refractivity contribution in [1.82, 2.24) is 0 Å². The Morgan fingerprint density at radius 2 is 1.94 bits per heavy atom. The zero-order valence-corrected chi connectivity index (χ0v) is 8.90. The molecule has 7 heteroatoms. The molecule has 0 aliphatic carbocycles. The van der Waals surface area contributed by atoms with E-state index in [9.17, 15) is 23.4 Å². The first kappa shape index (κ1) is 13.6. The number of alkyl halides is 3. The topological polar surface area (TPSA) is 75.7 Å². The highest BCUT2D eigenvalue weighted by atomic mass is 19.4. The van der Waals surface area contributed by atoms with Gasteiger partial charge in [-0.3, -0.25) is 0 Å². The van der Waals surface area contributed by atoms with Crippen LogP contribution in [0.3, 0.4) is 0 Å². The molecule has 0 bridgehead atoms. The Balaban J connectivity index is 3.02. The van der Waals surface area contributed by atoms with Gasteiger partial charge in [-0.2, -0.15) is 0 Å². The zero-order valence-electron chi connectivity index (χ0n) is 8.90. The fraction of sp³-hybridized carbons (Fsp3) is 0.400. The van der Waals surface area contributed by atoms with E-state index in [2.05, 4.69) is 4.74 Å². The Bertz CT molecular complexity index is 393. The summed E-state index contributed by atoms with van der Waals surface area (Å²) >= 11 is 0. The number of nitrogens with two attached hydrogens (primary N) is 1. The molecule has 0 radical (unpaired) electrons. The fourth-order valence-corrected chi connectivity index (χ4v) is 1.26. The van der Waals surface area contributed by atoms with Gasteiger partial charge in [0.1, 0.15) is 11.5 Å². The van der Waals surface area contributed by atoms with Gasteiger partial charge >= 0.3 is 6.36 Å². The number of hydrogen-bond acceptors (Lipinski definition) is 4. The highest BCUT2D eigenvalue weighted by Gasteiger charge is 2.31. The van der Waals surface area contributed by atoms with Gasteiger partial charge in [-0.05, 0) is 25.1 Å². The minimum atomic E-state index is -4.82. The number of halogens is 3. The molecule has 0 amide bonds. The molecule has 0 unspecified atom stereocenters. The number of aliphatic hydroxyl groups is 1. The standard InChI is InChI=1S/C10H12F3NO3/c1-5(15)9(14)7-4-6(2-3-8(7)16)17-10(11,12)13/h2-5,9,15-16H,14H2,1H3/t5-,9-/m0/s1. The number of aromatic hydroxyl groups is 1. The van der Waals surface area contributed by atoms with Crippen molar-refractivity contribution in [2.75, 3.05) is 0 Å². The Labute approximate surface area is 95.4 Å². The lowest BCUT2D eigenvalue weighted by atomic mass is 10.0. The molecule has 0 saturated carbocycles. The van der Waals surface area contributed by atoms with Gasteiger partial charge in [0.2, 0.25) is 0 Å². The molecule has 0 aliphatic rings. The molecule has 0 aromatic heterocycles. The molecule has 96 valence electrons. The molecule has 0 spiro atoms. The maximum atomic E-state index is 12.0. The summed E-state index contributed by atoms with van der Waals surface area (Å²) in [6, 6.07) is 1.94. The molecule has 1 aromatic rings. The van der Waals surface area contributed by atoms with Gasteiger partial charge in [0.15, 0.2) is 0 Å². The largest absolute Gasteiger partial charge is 0.573 e. The summed E-state index contributed by atoms with van der Waals surface area (Å²) in [6.45, 7) is 1.36. The summed E-state index contributed by atoms with van der Waals surface area (Å²) < 4.78 is 39.6. The van der Waals surface area contributed by atoms with Crippen molar-refractivity contribution in [2.45, 2.75) is 25.4 Å². The van der Waals surface area contributed by atoms with E-state index in [1.54, 1.807) is 0 Å². The average molecular weight is 251 g/mol. The Morgan fingerprint density at radius 1 is 1.35 bits per heavy atom. The van der Waals surface area contributed by atoms with Gasteiger partial charge in [-0.1, -0.05) is 0 Å². The van der Waals surface area contributed by atoms with Crippen molar-refractivity contribution in [3.63, 3.8) is 0 Å². The van der Waals surface area contributed by atoms with Crippen LogP contribution in [0.5, 0.6) is 11.5 Å². The van der Waals surface area contributed by atoms with E-state index >= 15 is 0 Å². The maximum Gasteiger partial charge on any atom is 0.573 e. The normalized spacial score (nSPS) is 15.4. The second-order valence-electron chi connectivity index (χ2n) is 3.53. The van der Waals surface area contributed by atoms with E-state index < -0.39 is 24.3 Å². The summed E-state index contributed by atoms with van der Waals surface area (Å²) in [6.07, 6.45) is -5.83. The van der Waals surface area contributed by atoms with E-state index in [1.165, 1.54) is 6.92 Å². The first-order chi connectivity index (χ1) is 7.70. The molecule has 2 atom stereocenters. The van der Waals surface area contributed by atoms with Gasteiger partial charge in [0.25, 0.3) is 0 Å².